The highest BCUT2D eigenvalue weighted by Crippen LogP contribution is 2.34. The Morgan fingerprint density at radius 1 is 1.07 bits per heavy atom. The summed E-state index contributed by atoms with van der Waals surface area (Å²) in [6, 6.07) is 16.9. The number of hydrogen-bond donors (Lipinski definition) is 0. The van der Waals surface area contributed by atoms with Crippen molar-refractivity contribution in [1.29, 1.82) is 0 Å². The van der Waals surface area contributed by atoms with E-state index in [-0.39, 0.29) is 17.7 Å². The van der Waals surface area contributed by atoms with Crippen LogP contribution in [0.1, 0.15) is 24.0 Å². The summed E-state index contributed by atoms with van der Waals surface area (Å²) in [5.41, 5.74) is 1.65. The molecule has 5 rings (SSSR count). The van der Waals surface area contributed by atoms with E-state index in [4.69, 9.17) is 8.83 Å². The lowest BCUT2D eigenvalue weighted by molar-refractivity contribution is -0.130. The predicted octanol–water partition coefficient (Wildman–Crippen LogP) is 4.89. The molecule has 1 aliphatic heterocycles. The lowest BCUT2D eigenvalue weighted by Gasteiger charge is -2.19. The molecule has 0 spiro atoms. The third-order valence-electron chi connectivity index (χ3n) is 4.80. The van der Waals surface area contributed by atoms with Gasteiger partial charge >= 0.3 is 0 Å². The number of amides is 1. The zero-order valence-corrected chi connectivity index (χ0v) is 16.2. The van der Waals surface area contributed by atoms with Crippen molar-refractivity contribution in [2.45, 2.75) is 17.4 Å². The minimum Gasteiger partial charge on any atom is -0.467 e. The minimum absolute atomic E-state index is 0.0844. The van der Waals surface area contributed by atoms with Crippen LogP contribution in [0.25, 0.3) is 10.9 Å². The van der Waals surface area contributed by atoms with Gasteiger partial charge in [0.15, 0.2) is 0 Å². The molecule has 0 radical (unpaired) electrons. The van der Waals surface area contributed by atoms with E-state index in [1.54, 1.807) is 18.7 Å². The quantitative estimate of drug-likeness (QED) is 0.444. The van der Waals surface area contributed by atoms with Crippen LogP contribution in [-0.4, -0.2) is 27.4 Å². The molecule has 0 saturated heterocycles. The fourth-order valence-electron chi connectivity index (χ4n) is 3.44. The summed E-state index contributed by atoms with van der Waals surface area (Å²) in [7, 11) is 0. The highest BCUT2D eigenvalue weighted by Gasteiger charge is 2.35. The summed E-state index contributed by atoms with van der Waals surface area (Å²) >= 11 is 1.49. The fourth-order valence-corrected chi connectivity index (χ4v) is 4.33. The number of thioether (sulfide) groups is 1. The van der Waals surface area contributed by atoms with E-state index in [9.17, 15) is 4.79 Å². The van der Waals surface area contributed by atoms with Crippen molar-refractivity contribution < 1.29 is 13.6 Å². The van der Waals surface area contributed by atoms with Gasteiger partial charge in [0.05, 0.1) is 23.8 Å². The van der Waals surface area contributed by atoms with Crippen LogP contribution in [0.4, 0.5) is 0 Å². The maximum atomic E-state index is 13.1. The van der Waals surface area contributed by atoms with E-state index >= 15 is 0 Å². The van der Waals surface area contributed by atoms with Crippen molar-refractivity contribution in [3.8, 4) is 0 Å². The fraction of sp³-hybridized carbons (Fsp3) is 0.136. The second-order valence-corrected chi connectivity index (χ2v) is 7.63. The van der Waals surface area contributed by atoms with E-state index < -0.39 is 0 Å². The lowest BCUT2D eigenvalue weighted by atomic mass is 10.1. The average molecular weight is 403 g/mol. The van der Waals surface area contributed by atoms with Gasteiger partial charge in [0.2, 0.25) is 0 Å². The molecule has 1 atom stereocenters. The standard InChI is InChI=1S/C22H17N3O3S/c26-22(14-29-21-9-10-23-16-6-2-1-5-15(16)21)25-18(20-8-4-12-28-20)13-17(24-25)19-7-3-11-27-19/h1-12,18H,13-14H2. The number of hydrazone groups is 1. The minimum atomic E-state index is -0.271. The molecule has 4 aromatic rings. The number of furan rings is 2. The topological polar surface area (TPSA) is 71.8 Å². The van der Waals surface area contributed by atoms with Crippen LogP contribution in [0.2, 0.25) is 0 Å². The first kappa shape index (κ1) is 17.8. The van der Waals surface area contributed by atoms with E-state index in [0.717, 1.165) is 21.5 Å². The van der Waals surface area contributed by atoms with Gasteiger partial charge in [-0.05, 0) is 36.4 Å². The molecule has 6 nitrogen and oxygen atoms in total. The Kier molecular flexibility index (Phi) is 4.65. The van der Waals surface area contributed by atoms with Crippen LogP contribution in [0.3, 0.4) is 0 Å². The van der Waals surface area contributed by atoms with Crippen molar-refractivity contribution in [1.82, 2.24) is 9.99 Å². The molecule has 3 aromatic heterocycles. The van der Waals surface area contributed by atoms with Crippen LogP contribution in [0.5, 0.6) is 0 Å². The largest absolute Gasteiger partial charge is 0.467 e. The number of para-hydroxylation sites is 1. The van der Waals surface area contributed by atoms with E-state index in [2.05, 4.69) is 10.1 Å². The van der Waals surface area contributed by atoms with Crippen LogP contribution in [0, 0.1) is 0 Å². The van der Waals surface area contributed by atoms with Crippen LogP contribution in [-0.2, 0) is 4.79 Å². The number of carbonyl (C=O) groups excluding carboxylic acids is 1. The van der Waals surface area contributed by atoms with Crippen molar-refractivity contribution >= 4 is 34.3 Å². The molecule has 1 amide bonds. The van der Waals surface area contributed by atoms with Crippen molar-refractivity contribution in [3.05, 3.63) is 84.8 Å². The number of rotatable bonds is 5. The molecule has 0 aliphatic carbocycles. The first-order valence-corrected chi connectivity index (χ1v) is 10.2. The number of carbonyl (C=O) groups is 1. The molecule has 1 aliphatic rings. The summed E-state index contributed by atoms with van der Waals surface area (Å²) < 4.78 is 11.0. The molecule has 0 N–H and O–H groups in total. The van der Waals surface area contributed by atoms with Gasteiger partial charge < -0.3 is 8.83 Å². The summed E-state index contributed by atoms with van der Waals surface area (Å²) in [6.45, 7) is 0. The molecule has 29 heavy (non-hydrogen) atoms. The van der Waals surface area contributed by atoms with Crippen LogP contribution in [0.15, 0.2) is 92.2 Å². The van der Waals surface area contributed by atoms with E-state index in [1.807, 2.05) is 54.6 Å². The molecule has 0 saturated carbocycles. The smallest absolute Gasteiger partial charge is 0.253 e. The second-order valence-electron chi connectivity index (χ2n) is 6.61. The molecule has 0 fully saturated rings. The summed E-state index contributed by atoms with van der Waals surface area (Å²) in [4.78, 5) is 18.5. The molecular weight excluding hydrogens is 386 g/mol. The maximum Gasteiger partial charge on any atom is 0.253 e. The van der Waals surface area contributed by atoms with Gasteiger partial charge in [0, 0.05) is 22.9 Å². The Hall–Kier alpha value is -3.32. The lowest BCUT2D eigenvalue weighted by Crippen LogP contribution is -2.28. The SMILES string of the molecule is O=C(CSc1ccnc2ccccc12)N1N=C(c2ccco2)CC1c1ccco1. The number of benzene rings is 1. The highest BCUT2D eigenvalue weighted by atomic mass is 32.2. The monoisotopic (exact) mass is 403 g/mol. The van der Waals surface area contributed by atoms with Crippen LogP contribution >= 0.6 is 11.8 Å². The number of pyridine rings is 1. The molecule has 4 heterocycles. The maximum absolute atomic E-state index is 13.1. The number of hydrogen-bond acceptors (Lipinski definition) is 6. The number of fused-ring (bicyclic) bond motifs is 1. The molecule has 7 heteroatoms. The van der Waals surface area contributed by atoms with Crippen molar-refractivity contribution in [3.63, 3.8) is 0 Å². The Morgan fingerprint density at radius 2 is 1.93 bits per heavy atom. The number of nitrogens with zero attached hydrogens (tertiary/aromatic N) is 3. The third-order valence-corrected chi connectivity index (χ3v) is 5.86. The Bertz CT molecular complexity index is 1160. The molecule has 1 unspecified atom stereocenters. The van der Waals surface area contributed by atoms with Gasteiger partial charge in [0.1, 0.15) is 23.3 Å². The van der Waals surface area contributed by atoms with E-state index in [1.165, 1.54) is 16.8 Å². The normalized spacial score (nSPS) is 16.3. The Morgan fingerprint density at radius 3 is 2.76 bits per heavy atom. The third kappa shape index (κ3) is 3.45. The first-order chi connectivity index (χ1) is 14.3. The van der Waals surface area contributed by atoms with Gasteiger partial charge in [-0.1, -0.05) is 18.2 Å². The van der Waals surface area contributed by atoms with E-state index in [0.29, 0.717) is 17.9 Å². The second kappa shape index (κ2) is 7.60. The molecule has 1 aromatic carbocycles. The van der Waals surface area contributed by atoms with Gasteiger partial charge in [-0.3, -0.25) is 9.78 Å². The summed E-state index contributed by atoms with van der Waals surface area (Å²) in [6.07, 6.45) is 5.54. The molecule has 144 valence electrons. The zero-order chi connectivity index (χ0) is 19.6. The number of aromatic nitrogens is 1. The van der Waals surface area contributed by atoms with Gasteiger partial charge in [0.25, 0.3) is 5.91 Å². The van der Waals surface area contributed by atoms with Gasteiger partial charge in [-0.2, -0.15) is 5.10 Å². The van der Waals surface area contributed by atoms with Crippen molar-refractivity contribution in [2.24, 2.45) is 5.10 Å². The molecule has 0 bridgehead atoms. The highest BCUT2D eigenvalue weighted by molar-refractivity contribution is 8.00. The Labute approximate surface area is 171 Å². The summed E-state index contributed by atoms with van der Waals surface area (Å²) in [5, 5.41) is 7.12. The average Bonchev–Trinajstić information content (AvgIpc) is 3.52. The van der Waals surface area contributed by atoms with Crippen LogP contribution < -0.4 is 0 Å². The van der Waals surface area contributed by atoms with Crippen molar-refractivity contribution in [2.75, 3.05) is 5.75 Å². The Balaban J connectivity index is 1.39. The zero-order valence-electron chi connectivity index (χ0n) is 15.4. The first-order valence-electron chi connectivity index (χ1n) is 9.23. The summed E-state index contributed by atoms with van der Waals surface area (Å²) in [5.74, 6) is 1.56. The molecular formula is C22H17N3O3S. The van der Waals surface area contributed by atoms with Gasteiger partial charge in [-0.15, -0.1) is 11.8 Å². The predicted molar refractivity (Wildman–Crippen MR) is 111 cm³/mol. The van der Waals surface area contributed by atoms with Gasteiger partial charge in [-0.25, -0.2) is 5.01 Å².